The summed E-state index contributed by atoms with van der Waals surface area (Å²) in [5.74, 6) is -0.738. The Kier molecular flexibility index (Phi) is 6.57. The summed E-state index contributed by atoms with van der Waals surface area (Å²) < 4.78 is 15.4. The van der Waals surface area contributed by atoms with Gasteiger partial charge < -0.3 is 9.67 Å². The molecule has 0 amide bonds. The molecule has 0 saturated heterocycles. The fourth-order valence-electron chi connectivity index (χ4n) is 2.93. The monoisotopic (exact) mass is 359 g/mol. The summed E-state index contributed by atoms with van der Waals surface area (Å²) in [6, 6.07) is 18.0. The van der Waals surface area contributed by atoms with Crippen molar-refractivity contribution in [2.45, 2.75) is 32.9 Å². The van der Waals surface area contributed by atoms with Crippen molar-refractivity contribution in [1.82, 2.24) is 4.67 Å². The molecule has 4 nitrogen and oxygen atoms in total. The molecule has 0 fully saturated rings. The maximum Gasteiger partial charge on any atom is 0.321 e. The van der Waals surface area contributed by atoms with Crippen LogP contribution in [-0.2, 0) is 15.9 Å². The molecule has 0 spiro atoms. The van der Waals surface area contributed by atoms with E-state index in [9.17, 15) is 14.5 Å². The van der Waals surface area contributed by atoms with E-state index in [0.29, 0.717) is 18.3 Å². The molecule has 134 valence electrons. The number of nitrogens with zero attached hydrogens (tertiary/aromatic N) is 1. The second kappa shape index (κ2) is 8.46. The SMILES string of the molecule is CC(C)C[C@H](C(=O)O)N(Cc1ccccc1)[P@](C)(=O)c1ccccc1. The fourth-order valence-corrected chi connectivity index (χ4v) is 5.11. The summed E-state index contributed by atoms with van der Waals surface area (Å²) in [5, 5.41) is 10.5. The molecular weight excluding hydrogens is 333 g/mol. The van der Waals surface area contributed by atoms with E-state index in [1.165, 1.54) is 0 Å². The molecule has 0 aromatic heterocycles. The Hall–Kier alpha value is -1.90. The summed E-state index contributed by atoms with van der Waals surface area (Å²) >= 11 is 0. The Bertz CT molecular complexity index is 731. The van der Waals surface area contributed by atoms with Gasteiger partial charge in [-0.2, -0.15) is 0 Å². The lowest BCUT2D eigenvalue weighted by atomic mass is 10.0. The first-order chi connectivity index (χ1) is 11.8. The molecule has 5 heteroatoms. The molecule has 0 aliphatic heterocycles. The maximum absolute atomic E-state index is 13.7. The van der Waals surface area contributed by atoms with Crippen molar-refractivity contribution in [3.8, 4) is 0 Å². The van der Waals surface area contributed by atoms with Crippen LogP contribution in [-0.4, -0.2) is 28.5 Å². The van der Waals surface area contributed by atoms with Gasteiger partial charge in [0.25, 0.3) is 0 Å². The Balaban J connectivity index is 2.47. The van der Waals surface area contributed by atoms with Gasteiger partial charge in [-0.1, -0.05) is 74.5 Å². The normalized spacial score (nSPS) is 15.1. The van der Waals surface area contributed by atoms with Gasteiger partial charge in [0.1, 0.15) is 6.04 Å². The average Bonchev–Trinajstić information content (AvgIpc) is 2.59. The van der Waals surface area contributed by atoms with Gasteiger partial charge in [-0.3, -0.25) is 4.79 Å². The molecule has 2 rings (SSSR count). The number of aliphatic carboxylic acids is 1. The molecule has 0 radical (unpaired) electrons. The van der Waals surface area contributed by atoms with Crippen molar-refractivity contribution in [1.29, 1.82) is 0 Å². The molecule has 0 unspecified atom stereocenters. The summed E-state index contributed by atoms with van der Waals surface area (Å²) in [6.07, 6.45) is 0.451. The average molecular weight is 359 g/mol. The zero-order valence-corrected chi connectivity index (χ0v) is 15.9. The predicted molar refractivity (Wildman–Crippen MR) is 102 cm³/mol. The van der Waals surface area contributed by atoms with Crippen LogP contribution in [0.5, 0.6) is 0 Å². The van der Waals surface area contributed by atoms with Crippen molar-refractivity contribution in [2.75, 3.05) is 6.66 Å². The number of carboxylic acid groups (broad SMARTS) is 1. The first kappa shape index (κ1) is 19.4. The molecule has 0 heterocycles. The van der Waals surface area contributed by atoms with Gasteiger partial charge in [0.15, 0.2) is 7.29 Å². The number of benzene rings is 2. The second-order valence-corrected chi connectivity index (χ2v) is 9.57. The van der Waals surface area contributed by atoms with E-state index in [0.717, 1.165) is 5.56 Å². The molecule has 0 bridgehead atoms. The van der Waals surface area contributed by atoms with Crippen LogP contribution in [0.2, 0.25) is 0 Å². The fraction of sp³-hybridized carbons (Fsp3) is 0.350. The van der Waals surface area contributed by atoms with E-state index in [1.807, 2.05) is 74.5 Å². The third kappa shape index (κ3) is 5.04. The minimum Gasteiger partial charge on any atom is -0.480 e. The van der Waals surface area contributed by atoms with Crippen molar-refractivity contribution < 1.29 is 14.5 Å². The Labute approximate surface area is 149 Å². The molecule has 0 aliphatic carbocycles. The molecule has 1 N–H and O–H groups in total. The third-order valence-corrected chi connectivity index (χ3v) is 6.91. The van der Waals surface area contributed by atoms with E-state index < -0.39 is 19.3 Å². The predicted octanol–water partition coefficient (Wildman–Crippen LogP) is 4.22. The lowest BCUT2D eigenvalue weighted by Gasteiger charge is -2.35. The number of carboxylic acids is 1. The Morgan fingerprint density at radius 3 is 2.04 bits per heavy atom. The van der Waals surface area contributed by atoms with Gasteiger partial charge in [0.05, 0.1) is 0 Å². The van der Waals surface area contributed by atoms with Crippen molar-refractivity contribution in [3.63, 3.8) is 0 Å². The zero-order valence-electron chi connectivity index (χ0n) is 15.0. The van der Waals surface area contributed by atoms with Crippen LogP contribution in [0.4, 0.5) is 0 Å². The maximum atomic E-state index is 13.7. The molecule has 0 aliphatic rings. The first-order valence-electron chi connectivity index (χ1n) is 8.49. The van der Waals surface area contributed by atoms with Gasteiger partial charge in [-0.15, -0.1) is 0 Å². The first-order valence-corrected chi connectivity index (χ1v) is 10.6. The van der Waals surface area contributed by atoms with Crippen LogP contribution in [0.15, 0.2) is 60.7 Å². The van der Waals surface area contributed by atoms with E-state index in [2.05, 4.69) is 0 Å². The largest absolute Gasteiger partial charge is 0.480 e. The van der Waals surface area contributed by atoms with Crippen LogP contribution < -0.4 is 5.30 Å². The summed E-state index contributed by atoms with van der Waals surface area (Å²) in [6.45, 7) is 5.98. The molecule has 2 aromatic carbocycles. The van der Waals surface area contributed by atoms with Crippen LogP contribution in [0.25, 0.3) is 0 Å². The van der Waals surface area contributed by atoms with Gasteiger partial charge in [-0.25, -0.2) is 4.67 Å². The zero-order chi connectivity index (χ0) is 18.4. The highest BCUT2D eigenvalue weighted by Gasteiger charge is 2.37. The minimum absolute atomic E-state index is 0.190. The highest BCUT2D eigenvalue weighted by atomic mass is 31.2. The van der Waals surface area contributed by atoms with Gasteiger partial charge in [-0.05, 0) is 17.9 Å². The van der Waals surface area contributed by atoms with E-state index in [4.69, 9.17) is 0 Å². The van der Waals surface area contributed by atoms with E-state index in [1.54, 1.807) is 11.3 Å². The molecule has 0 saturated carbocycles. The molecule has 25 heavy (non-hydrogen) atoms. The Morgan fingerprint density at radius 1 is 1.04 bits per heavy atom. The van der Waals surface area contributed by atoms with Gasteiger partial charge in [0.2, 0.25) is 0 Å². The number of hydrogen-bond acceptors (Lipinski definition) is 2. The third-order valence-electron chi connectivity index (χ3n) is 4.25. The summed E-state index contributed by atoms with van der Waals surface area (Å²) in [7, 11) is -3.03. The van der Waals surface area contributed by atoms with Crippen LogP contribution in [0.1, 0.15) is 25.8 Å². The van der Waals surface area contributed by atoms with Crippen LogP contribution in [0, 0.1) is 5.92 Å². The molecular formula is C20H26NO3P. The minimum atomic E-state index is -3.03. The summed E-state index contributed by atoms with van der Waals surface area (Å²) in [4.78, 5) is 12.0. The quantitative estimate of drug-likeness (QED) is 0.717. The van der Waals surface area contributed by atoms with Crippen molar-refractivity contribution in [2.24, 2.45) is 5.92 Å². The lowest BCUT2D eigenvalue weighted by Crippen LogP contribution is -2.41. The number of hydrogen-bond donors (Lipinski definition) is 1. The second-order valence-electron chi connectivity index (χ2n) is 6.78. The lowest BCUT2D eigenvalue weighted by molar-refractivity contribution is -0.142. The van der Waals surface area contributed by atoms with Crippen molar-refractivity contribution in [3.05, 3.63) is 66.2 Å². The smallest absolute Gasteiger partial charge is 0.321 e. The highest BCUT2D eigenvalue weighted by molar-refractivity contribution is 7.68. The summed E-state index contributed by atoms with van der Waals surface area (Å²) in [5.41, 5.74) is 0.954. The van der Waals surface area contributed by atoms with E-state index in [-0.39, 0.29) is 5.92 Å². The van der Waals surface area contributed by atoms with Crippen LogP contribution in [0.3, 0.4) is 0 Å². The highest BCUT2D eigenvalue weighted by Crippen LogP contribution is 2.48. The Morgan fingerprint density at radius 2 is 1.56 bits per heavy atom. The van der Waals surface area contributed by atoms with Crippen LogP contribution >= 0.6 is 7.29 Å². The van der Waals surface area contributed by atoms with Gasteiger partial charge in [0, 0.05) is 18.5 Å². The van der Waals surface area contributed by atoms with Crippen molar-refractivity contribution >= 4 is 18.6 Å². The standard InChI is InChI=1S/C20H26NO3P/c1-16(2)14-19(20(22)23)21(15-17-10-6-4-7-11-17)25(3,24)18-12-8-5-9-13-18/h4-13,16,19H,14-15H2,1-3H3,(H,22,23)/t19-,25-/m1/s1. The number of rotatable bonds is 8. The topological polar surface area (TPSA) is 57.6 Å². The van der Waals surface area contributed by atoms with Gasteiger partial charge >= 0.3 is 5.97 Å². The molecule has 2 aromatic rings. The van der Waals surface area contributed by atoms with E-state index >= 15 is 0 Å². The molecule has 2 atom stereocenters. The number of carbonyl (C=O) groups is 1.